The molecule has 0 aliphatic carbocycles. The highest BCUT2D eigenvalue weighted by Gasteiger charge is 2.20. The first-order chi connectivity index (χ1) is 9.11. The Balaban J connectivity index is 2.06. The molecule has 1 fully saturated rings. The van der Waals surface area contributed by atoms with Crippen LogP contribution in [-0.2, 0) is 4.79 Å². The van der Waals surface area contributed by atoms with E-state index in [1.165, 1.54) is 0 Å². The molecule has 2 heterocycles. The Kier molecular flexibility index (Phi) is 4.09. The number of amides is 1. The lowest BCUT2D eigenvalue weighted by molar-refractivity contribution is -0.128. The molecule has 2 rings (SSSR count). The Labute approximate surface area is 113 Å². The van der Waals surface area contributed by atoms with E-state index in [4.69, 9.17) is 10.5 Å². The maximum absolute atomic E-state index is 12.1. The summed E-state index contributed by atoms with van der Waals surface area (Å²) in [6, 6.07) is 3.44. The highest BCUT2D eigenvalue weighted by molar-refractivity contribution is 5.82. The highest BCUT2D eigenvalue weighted by Crippen LogP contribution is 2.22. The first kappa shape index (κ1) is 13.5. The van der Waals surface area contributed by atoms with Gasteiger partial charge in [-0.2, -0.15) is 4.98 Å². The molecule has 0 unspecified atom stereocenters. The molecule has 0 bridgehead atoms. The van der Waals surface area contributed by atoms with Gasteiger partial charge < -0.3 is 20.3 Å². The number of carbonyl (C=O) groups excluding carboxylic acids is 1. The minimum atomic E-state index is 0.115. The highest BCUT2D eigenvalue weighted by atomic mass is 16.5. The van der Waals surface area contributed by atoms with Crippen LogP contribution in [0.25, 0.3) is 0 Å². The molecule has 2 N–H and O–H groups in total. The van der Waals surface area contributed by atoms with Gasteiger partial charge >= 0.3 is 0 Å². The maximum Gasteiger partial charge on any atom is 0.242 e. The molecule has 0 radical (unpaired) electrons. The molecule has 19 heavy (non-hydrogen) atoms. The number of nitrogens with two attached hydrogens (primary N) is 1. The van der Waals surface area contributed by atoms with Crippen LogP contribution in [0.2, 0.25) is 0 Å². The number of nitrogen functional groups attached to an aromatic ring is 1. The lowest BCUT2D eigenvalue weighted by Gasteiger charge is -2.23. The monoisotopic (exact) mass is 264 g/mol. The smallest absolute Gasteiger partial charge is 0.242 e. The predicted molar refractivity (Wildman–Crippen MR) is 74.3 cm³/mol. The number of hydrogen-bond acceptors (Lipinski definition) is 5. The Hall–Kier alpha value is -1.98. The zero-order chi connectivity index (χ0) is 13.8. The van der Waals surface area contributed by atoms with E-state index in [1.807, 2.05) is 11.9 Å². The lowest BCUT2D eigenvalue weighted by atomic mass is 10.3. The van der Waals surface area contributed by atoms with Crippen molar-refractivity contribution < 1.29 is 9.53 Å². The van der Waals surface area contributed by atoms with Crippen molar-refractivity contribution in [3.63, 3.8) is 0 Å². The van der Waals surface area contributed by atoms with E-state index in [2.05, 4.69) is 4.98 Å². The van der Waals surface area contributed by atoms with Crippen molar-refractivity contribution in [2.45, 2.75) is 12.8 Å². The van der Waals surface area contributed by atoms with E-state index < -0.39 is 0 Å². The number of likely N-dealkylation sites (N-methyl/N-ethyl adjacent to an activating group) is 1. The number of nitrogens with zero attached hydrogens (tertiary/aromatic N) is 3. The first-order valence-corrected chi connectivity index (χ1v) is 6.41. The molecule has 6 nitrogen and oxygen atoms in total. The van der Waals surface area contributed by atoms with Gasteiger partial charge in [-0.05, 0) is 18.9 Å². The molecular formula is C13H20N4O2. The Bertz CT molecular complexity index is 458. The number of methoxy groups -OCH3 is 1. The molecule has 1 saturated heterocycles. The van der Waals surface area contributed by atoms with Crippen molar-refractivity contribution in [3.05, 3.63) is 12.1 Å². The molecule has 1 aromatic rings. The fourth-order valence-corrected chi connectivity index (χ4v) is 2.21. The minimum Gasteiger partial charge on any atom is -0.481 e. The van der Waals surface area contributed by atoms with E-state index in [-0.39, 0.29) is 12.5 Å². The van der Waals surface area contributed by atoms with Crippen molar-refractivity contribution in [1.82, 2.24) is 9.88 Å². The number of hydrogen-bond donors (Lipinski definition) is 1. The van der Waals surface area contributed by atoms with Crippen molar-refractivity contribution in [3.8, 4) is 5.88 Å². The van der Waals surface area contributed by atoms with Crippen LogP contribution in [-0.4, -0.2) is 49.6 Å². The normalized spacial score (nSPS) is 14.5. The van der Waals surface area contributed by atoms with Crippen LogP contribution >= 0.6 is 0 Å². The van der Waals surface area contributed by atoms with Gasteiger partial charge in [0.1, 0.15) is 0 Å². The van der Waals surface area contributed by atoms with Gasteiger partial charge in [-0.25, -0.2) is 0 Å². The van der Waals surface area contributed by atoms with Crippen LogP contribution < -0.4 is 15.4 Å². The molecule has 0 aromatic carbocycles. The van der Waals surface area contributed by atoms with Crippen LogP contribution in [0.5, 0.6) is 5.88 Å². The molecule has 1 amide bonds. The number of anilines is 2. The van der Waals surface area contributed by atoms with Crippen LogP contribution in [0.4, 0.5) is 11.5 Å². The molecular weight excluding hydrogens is 244 g/mol. The van der Waals surface area contributed by atoms with Crippen molar-refractivity contribution in [2.24, 2.45) is 0 Å². The second kappa shape index (κ2) is 5.77. The zero-order valence-corrected chi connectivity index (χ0v) is 11.4. The number of pyridine rings is 1. The van der Waals surface area contributed by atoms with Gasteiger partial charge in [0, 0.05) is 26.2 Å². The van der Waals surface area contributed by atoms with Crippen molar-refractivity contribution in [1.29, 1.82) is 0 Å². The van der Waals surface area contributed by atoms with Gasteiger partial charge in [0.2, 0.25) is 11.8 Å². The first-order valence-electron chi connectivity index (χ1n) is 6.41. The van der Waals surface area contributed by atoms with E-state index in [9.17, 15) is 4.79 Å². The van der Waals surface area contributed by atoms with Crippen LogP contribution in [0, 0.1) is 0 Å². The maximum atomic E-state index is 12.1. The van der Waals surface area contributed by atoms with E-state index in [1.54, 1.807) is 24.1 Å². The molecule has 6 heteroatoms. The van der Waals surface area contributed by atoms with E-state index in [0.717, 1.165) is 25.9 Å². The molecule has 0 saturated carbocycles. The Morgan fingerprint density at radius 1 is 1.47 bits per heavy atom. The largest absolute Gasteiger partial charge is 0.481 e. The van der Waals surface area contributed by atoms with Gasteiger partial charge in [-0.15, -0.1) is 0 Å². The summed E-state index contributed by atoms with van der Waals surface area (Å²) >= 11 is 0. The second-order valence-corrected chi connectivity index (χ2v) is 4.71. The molecule has 0 atom stereocenters. The molecule has 0 spiro atoms. The summed E-state index contributed by atoms with van der Waals surface area (Å²) < 4.78 is 5.08. The van der Waals surface area contributed by atoms with Crippen molar-refractivity contribution >= 4 is 17.4 Å². The fraction of sp³-hybridized carbons (Fsp3) is 0.538. The third-order valence-electron chi connectivity index (χ3n) is 3.28. The molecule has 1 aliphatic heterocycles. The predicted octanol–water partition coefficient (Wildman–Crippen LogP) is 0.731. The zero-order valence-electron chi connectivity index (χ0n) is 11.4. The number of carbonyl (C=O) groups is 1. The summed E-state index contributed by atoms with van der Waals surface area (Å²) in [6.45, 7) is 1.99. The summed E-state index contributed by atoms with van der Waals surface area (Å²) in [5.41, 5.74) is 6.43. The molecule has 1 aliphatic rings. The number of ether oxygens (including phenoxy) is 1. The lowest BCUT2D eigenvalue weighted by Crippen LogP contribution is -2.37. The second-order valence-electron chi connectivity index (χ2n) is 4.71. The number of likely N-dealkylation sites (tertiary alicyclic amines) is 1. The Morgan fingerprint density at radius 2 is 2.16 bits per heavy atom. The van der Waals surface area contributed by atoms with Gasteiger partial charge in [-0.1, -0.05) is 0 Å². The van der Waals surface area contributed by atoms with Gasteiger partial charge in [0.05, 0.1) is 19.3 Å². The minimum absolute atomic E-state index is 0.115. The van der Waals surface area contributed by atoms with E-state index in [0.29, 0.717) is 17.4 Å². The Morgan fingerprint density at radius 3 is 2.79 bits per heavy atom. The van der Waals surface area contributed by atoms with Gasteiger partial charge in [0.25, 0.3) is 0 Å². The standard InChI is InChI=1S/C13H20N4O2/c1-16(9-12(18)17-7-3-4-8-17)13-10(14)5-6-11(15-13)19-2/h5-6H,3-4,7-9,14H2,1-2H3. The fourth-order valence-electron chi connectivity index (χ4n) is 2.21. The van der Waals surface area contributed by atoms with Gasteiger partial charge in [-0.3, -0.25) is 4.79 Å². The quantitative estimate of drug-likeness (QED) is 0.868. The van der Waals surface area contributed by atoms with E-state index >= 15 is 0 Å². The molecule has 104 valence electrons. The van der Waals surface area contributed by atoms with Crippen LogP contribution in [0.3, 0.4) is 0 Å². The molecule has 1 aromatic heterocycles. The average Bonchev–Trinajstić information content (AvgIpc) is 2.93. The summed E-state index contributed by atoms with van der Waals surface area (Å²) in [5.74, 6) is 1.18. The summed E-state index contributed by atoms with van der Waals surface area (Å²) in [5, 5.41) is 0. The van der Waals surface area contributed by atoms with Crippen LogP contribution in [0.1, 0.15) is 12.8 Å². The number of aromatic nitrogens is 1. The summed E-state index contributed by atoms with van der Waals surface area (Å²) in [6.07, 6.45) is 2.18. The number of rotatable bonds is 4. The van der Waals surface area contributed by atoms with Gasteiger partial charge in [0.15, 0.2) is 5.82 Å². The van der Waals surface area contributed by atoms with Crippen LogP contribution in [0.15, 0.2) is 12.1 Å². The third-order valence-corrected chi connectivity index (χ3v) is 3.28. The SMILES string of the molecule is COc1ccc(N)c(N(C)CC(=O)N2CCCC2)n1. The average molecular weight is 264 g/mol. The van der Waals surface area contributed by atoms with Crippen molar-refractivity contribution in [2.75, 3.05) is 44.4 Å². The summed E-state index contributed by atoms with van der Waals surface area (Å²) in [7, 11) is 3.36. The third kappa shape index (κ3) is 3.07. The summed E-state index contributed by atoms with van der Waals surface area (Å²) in [4.78, 5) is 20.0. The topological polar surface area (TPSA) is 71.7 Å².